The predicted octanol–water partition coefficient (Wildman–Crippen LogP) is 6.83. The fraction of sp³-hybridized carbons (Fsp3) is 0.500. The van der Waals surface area contributed by atoms with Crippen molar-refractivity contribution in [2.45, 2.75) is 50.7 Å². The molecule has 0 unspecified atom stereocenters. The van der Waals surface area contributed by atoms with Crippen molar-refractivity contribution in [2.24, 2.45) is 0 Å². The second kappa shape index (κ2) is 11.5. The van der Waals surface area contributed by atoms with Crippen LogP contribution in [-0.4, -0.2) is 60.6 Å². The van der Waals surface area contributed by atoms with E-state index in [9.17, 15) is 39.9 Å². The maximum atomic E-state index is 13.8. The smallest absolute Gasteiger partial charge is 0.323 e. The lowest BCUT2D eigenvalue weighted by atomic mass is 9.89. The van der Waals surface area contributed by atoms with Crippen molar-refractivity contribution in [3.63, 3.8) is 0 Å². The summed E-state index contributed by atoms with van der Waals surface area (Å²) in [6, 6.07) is 4.11. The summed E-state index contributed by atoms with van der Waals surface area (Å²) in [4.78, 5) is 17.9. The SMILES string of the molecule is Cc1cc(F)ccc1[C@H]1C[C@@H](N(C)CCF)CCN1C(=O)N(C)Cc1cc(C(F)(F)F)cc(C(F)(F)F)c1. The number of halogens is 8. The molecule has 3 rings (SSSR count). The summed E-state index contributed by atoms with van der Waals surface area (Å²) in [7, 11) is 3.06. The minimum absolute atomic E-state index is 0.0390. The molecule has 1 saturated heterocycles. The van der Waals surface area contributed by atoms with Crippen LogP contribution in [0.3, 0.4) is 0 Å². The van der Waals surface area contributed by atoms with Crippen LogP contribution in [-0.2, 0) is 18.9 Å². The van der Waals surface area contributed by atoms with Gasteiger partial charge in [0.1, 0.15) is 12.5 Å². The van der Waals surface area contributed by atoms with Crippen molar-refractivity contribution in [2.75, 3.05) is 33.9 Å². The van der Waals surface area contributed by atoms with E-state index in [4.69, 9.17) is 0 Å². The van der Waals surface area contributed by atoms with Crippen molar-refractivity contribution in [1.29, 1.82) is 0 Å². The molecule has 0 N–H and O–H groups in total. The molecule has 0 bridgehead atoms. The molecule has 1 heterocycles. The number of aryl methyl sites for hydroxylation is 1. The van der Waals surface area contributed by atoms with Gasteiger partial charge in [-0.25, -0.2) is 13.6 Å². The Labute approximate surface area is 215 Å². The van der Waals surface area contributed by atoms with E-state index in [1.54, 1.807) is 20.0 Å². The minimum Gasteiger partial charge on any atom is -0.323 e. The molecule has 2 amide bonds. The highest BCUT2D eigenvalue weighted by atomic mass is 19.4. The maximum absolute atomic E-state index is 13.8. The van der Waals surface area contributed by atoms with E-state index in [-0.39, 0.29) is 30.8 Å². The molecule has 12 heteroatoms. The molecule has 4 nitrogen and oxygen atoms in total. The van der Waals surface area contributed by atoms with Gasteiger partial charge in [-0.3, -0.25) is 0 Å². The quantitative estimate of drug-likeness (QED) is 0.368. The molecular weight excluding hydrogens is 522 g/mol. The highest BCUT2D eigenvalue weighted by molar-refractivity contribution is 5.75. The number of likely N-dealkylation sites (tertiary alicyclic amines) is 1. The number of carbonyl (C=O) groups is 1. The number of piperidine rings is 1. The Balaban J connectivity index is 1.91. The first kappa shape index (κ1) is 29.7. The Morgan fingerprint density at radius 2 is 1.61 bits per heavy atom. The van der Waals surface area contributed by atoms with Gasteiger partial charge >= 0.3 is 18.4 Å². The number of carbonyl (C=O) groups excluding carboxylic acids is 1. The van der Waals surface area contributed by atoms with E-state index in [0.717, 1.165) is 4.90 Å². The third-order valence-corrected chi connectivity index (χ3v) is 6.87. The van der Waals surface area contributed by atoms with Crippen molar-refractivity contribution < 1.29 is 39.9 Å². The van der Waals surface area contributed by atoms with Crippen LogP contribution in [0.1, 0.15) is 46.7 Å². The molecule has 1 aliphatic rings. The molecule has 0 saturated carbocycles. The third kappa shape index (κ3) is 6.95. The molecule has 0 aliphatic carbocycles. The van der Waals surface area contributed by atoms with Gasteiger partial charge in [0.2, 0.25) is 0 Å². The number of nitrogens with zero attached hydrogens (tertiary/aromatic N) is 3. The average molecular weight is 552 g/mol. The first-order chi connectivity index (χ1) is 17.6. The van der Waals surface area contributed by atoms with Crippen LogP contribution in [0.5, 0.6) is 0 Å². The van der Waals surface area contributed by atoms with Gasteiger partial charge in [-0.15, -0.1) is 0 Å². The van der Waals surface area contributed by atoms with Crippen LogP contribution in [0.4, 0.5) is 39.9 Å². The number of hydrogen-bond donors (Lipinski definition) is 0. The first-order valence-corrected chi connectivity index (χ1v) is 11.9. The lowest BCUT2D eigenvalue weighted by Crippen LogP contribution is -2.51. The van der Waals surface area contributed by atoms with Gasteiger partial charge in [-0.05, 0) is 73.8 Å². The Morgan fingerprint density at radius 1 is 1.00 bits per heavy atom. The van der Waals surface area contributed by atoms with Gasteiger partial charge in [0.05, 0.1) is 17.2 Å². The zero-order valence-electron chi connectivity index (χ0n) is 21.1. The molecule has 38 heavy (non-hydrogen) atoms. The summed E-state index contributed by atoms with van der Waals surface area (Å²) in [5, 5.41) is 0. The molecule has 0 radical (unpaired) electrons. The minimum atomic E-state index is -5.00. The van der Waals surface area contributed by atoms with Crippen molar-refractivity contribution >= 4 is 6.03 Å². The van der Waals surface area contributed by atoms with Crippen LogP contribution in [0.15, 0.2) is 36.4 Å². The van der Waals surface area contributed by atoms with E-state index >= 15 is 0 Å². The van der Waals surface area contributed by atoms with Crippen LogP contribution < -0.4 is 0 Å². The van der Waals surface area contributed by atoms with E-state index in [2.05, 4.69) is 0 Å². The summed E-state index contributed by atoms with van der Waals surface area (Å²) in [6.07, 6.45) is -9.13. The Bertz CT molecular complexity index is 1100. The van der Waals surface area contributed by atoms with Crippen LogP contribution >= 0.6 is 0 Å². The van der Waals surface area contributed by atoms with Gasteiger partial charge in [0, 0.05) is 32.7 Å². The molecule has 2 aromatic carbocycles. The van der Waals surface area contributed by atoms with Crippen molar-refractivity contribution in [1.82, 2.24) is 14.7 Å². The number of amides is 2. The molecule has 0 aromatic heterocycles. The fourth-order valence-electron chi connectivity index (χ4n) is 4.87. The van der Waals surface area contributed by atoms with E-state index in [0.29, 0.717) is 36.1 Å². The van der Waals surface area contributed by atoms with E-state index < -0.39 is 54.6 Å². The summed E-state index contributed by atoms with van der Waals surface area (Å²) in [6.45, 7) is 1.02. The number of rotatable bonds is 6. The molecule has 210 valence electrons. The lowest BCUT2D eigenvalue weighted by molar-refractivity contribution is -0.143. The van der Waals surface area contributed by atoms with Crippen LogP contribution in [0, 0.1) is 12.7 Å². The monoisotopic (exact) mass is 551 g/mol. The first-order valence-electron chi connectivity index (χ1n) is 11.9. The largest absolute Gasteiger partial charge is 0.416 e. The topological polar surface area (TPSA) is 26.8 Å². The highest BCUT2D eigenvalue weighted by Crippen LogP contribution is 2.38. The number of alkyl halides is 7. The highest BCUT2D eigenvalue weighted by Gasteiger charge is 2.38. The number of hydrogen-bond acceptors (Lipinski definition) is 2. The Morgan fingerprint density at radius 3 is 2.13 bits per heavy atom. The van der Waals surface area contributed by atoms with Gasteiger partial charge < -0.3 is 14.7 Å². The lowest BCUT2D eigenvalue weighted by Gasteiger charge is -2.44. The Kier molecular flexibility index (Phi) is 8.95. The summed E-state index contributed by atoms with van der Waals surface area (Å²) in [5.41, 5.74) is -2.00. The third-order valence-electron chi connectivity index (χ3n) is 6.87. The van der Waals surface area contributed by atoms with Gasteiger partial charge in [-0.1, -0.05) is 6.07 Å². The predicted molar refractivity (Wildman–Crippen MR) is 126 cm³/mol. The number of benzene rings is 2. The fourth-order valence-corrected chi connectivity index (χ4v) is 4.87. The maximum Gasteiger partial charge on any atom is 0.416 e. The Hall–Kier alpha value is -2.89. The zero-order chi connectivity index (χ0) is 28.4. The van der Waals surface area contributed by atoms with E-state index in [1.807, 2.05) is 4.90 Å². The normalized spacial score (nSPS) is 18.7. The van der Waals surface area contributed by atoms with E-state index in [1.165, 1.54) is 24.1 Å². The summed E-state index contributed by atoms with van der Waals surface area (Å²) >= 11 is 0. The van der Waals surface area contributed by atoms with Gasteiger partial charge in [-0.2, -0.15) is 26.3 Å². The molecule has 2 aromatic rings. The summed E-state index contributed by atoms with van der Waals surface area (Å²) < 4.78 is 106. The summed E-state index contributed by atoms with van der Waals surface area (Å²) in [5.74, 6) is -0.465. The number of urea groups is 1. The van der Waals surface area contributed by atoms with Gasteiger partial charge in [0.15, 0.2) is 0 Å². The molecule has 1 fully saturated rings. The zero-order valence-corrected chi connectivity index (χ0v) is 21.1. The van der Waals surface area contributed by atoms with Crippen molar-refractivity contribution in [3.8, 4) is 0 Å². The van der Waals surface area contributed by atoms with Crippen molar-refractivity contribution in [3.05, 3.63) is 70.0 Å². The second-order valence-corrected chi connectivity index (χ2v) is 9.61. The molecule has 1 aliphatic heterocycles. The average Bonchev–Trinajstić information content (AvgIpc) is 2.82. The molecule has 0 spiro atoms. The van der Waals surface area contributed by atoms with Crippen LogP contribution in [0.2, 0.25) is 0 Å². The van der Waals surface area contributed by atoms with Gasteiger partial charge in [0.25, 0.3) is 0 Å². The standard InChI is InChI=1S/C26H29F8N3O/c1-16-10-20(28)4-5-22(16)23-14-21(35(2)9-7-27)6-8-37(23)24(38)36(3)15-17-11-18(25(29,30)31)13-19(12-17)26(32,33)34/h4-5,10-13,21,23H,6-9,14-15H2,1-3H3/t21-,23+/m0/s1. The second-order valence-electron chi connectivity index (χ2n) is 9.61. The molecular formula is C26H29F8N3O. The van der Waals surface area contributed by atoms with Crippen LogP contribution in [0.25, 0.3) is 0 Å². The molecule has 2 atom stereocenters.